The summed E-state index contributed by atoms with van der Waals surface area (Å²) in [6, 6.07) is 6.25. The van der Waals surface area contributed by atoms with Crippen molar-refractivity contribution in [3.05, 3.63) is 61.9 Å². The van der Waals surface area contributed by atoms with Crippen molar-refractivity contribution in [2.75, 3.05) is 7.11 Å². The Labute approximate surface area is 130 Å². The Bertz CT molecular complexity index is 797. The van der Waals surface area contributed by atoms with E-state index in [1.807, 2.05) is 0 Å². The van der Waals surface area contributed by atoms with Crippen molar-refractivity contribution >= 4 is 17.5 Å². The molecule has 0 saturated carbocycles. The molecule has 22 heavy (non-hydrogen) atoms. The third kappa shape index (κ3) is 3.98. The Hall–Kier alpha value is -2.54. The Balaban J connectivity index is 2.03. The summed E-state index contributed by atoms with van der Waals surface area (Å²) >= 11 is 5.91. The number of nitrogens with one attached hydrogen (secondary N) is 2. The van der Waals surface area contributed by atoms with Crippen molar-refractivity contribution in [3.63, 3.8) is 0 Å². The molecule has 2 N–H and O–H groups in total. The number of hydrogen-bond acceptors (Lipinski definition) is 4. The molecule has 0 spiro atoms. The van der Waals surface area contributed by atoms with Crippen LogP contribution >= 0.6 is 11.6 Å². The number of nitrogens with zero attached hydrogens (tertiary/aromatic N) is 1. The molecule has 0 aliphatic rings. The zero-order valence-electron chi connectivity index (χ0n) is 11.8. The largest absolute Gasteiger partial charge is 0.496 e. The van der Waals surface area contributed by atoms with Crippen LogP contribution in [-0.4, -0.2) is 22.6 Å². The predicted molar refractivity (Wildman–Crippen MR) is 81.2 cm³/mol. The van der Waals surface area contributed by atoms with Gasteiger partial charge in [0, 0.05) is 29.4 Å². The summed E-state index contributed by atoms with van der Waals surface area (Å²) < 4.78 is 6.28. The maximum Gasteiger partial charge on any atom is 0.328 e. The normalized spacial score (nSPS) is 10.3. The lowest BCUT2D eigenvalue weighted by Gasteiger charge is -2.10. The van der Waals surface area contributed by atoms with Crippen molar-refractivity contribution in [1.29, 1.82) is 0 Å². The molecule has 0 radical (unpaired) electrons. The second kappa shape index (κ2) is 6.95. The number of aromatic amines is 1. The molecule has 1 aromatic carbocycles. The fraction of sp³-hybridized carbons (Fsp3) is 0.214. The van der Waals surface area contributed by atoms with Crippen LogP contribution in [0.1, 0.15) is 5.56 Å². The van der Waals surface area contributed by atoms with Crippen LogP contribution in [0.5, 0.6) is 5.75 Å². The minimum absolute atomic E-state index is 0.196. The van der Waals surface area contributed by atoms with Gasteiger partial charge in [-0.2, -0.15) is 0 Å². The van der Waals surface area contributed by atoms with Gasteiger partial charge < -0.3 is 10.1 Å². The average molecular weight is 324 g/mol. The molecule has 1 amide bonds. The van der Waals surface area contributed by atoms with E-state index in [1.54, 1.807) is 18.2 Å². The van der Waals surface area contributed by atoms with Crippen LogP contribution in [-0.2, 0) is 17.9 Å². The van der Waals surface area contributed by atoms with Crippen LogP contribution in [0, 0.1) is 0 Å². The molecule has 1 aromatic heterocycles. The van der Waals surface area contributed by atoms with Crippen LogP contribution in [0.15, 0.2) is 40.1 Å². The number of carbonyl (C=O) groups excluding carboxylic acids is 1. The standard InChI is InChI=1S/C14H14ClN3O4/c1-22-11-3-2-10(15)6-9(11)7-16-13(20)8-18-5-4-12(19)17-14(18)21/h2-6H,7-8H2,1H3,(H,16,20)(H,17,19,21). The molecule has 2 aromatic rings. The molecular weight excluding hydrogens is 310 g/mol. The van der Waals surface area contributed by atoms with Crippen LogP contribution in [0.2, 0.25) is 5.02 Å². The SMILES string of the molecule is COc1ccc(Cl)cc1CNC(=O)Cn1ccc(=O)[nH]c1=O. The van der Waals surface area contributed by atoms with Crippen LogP contribution < -0.4 is 21.3 Å². The smallest absolute Gasteiger partial charge is 0.328 e. The van der Waals surface area contributed by atoms with Crippen molar-refractivity contribution in [2.24, 2.45) is 0 Å². The number of ether oxygens (including phenoxy) is 1. The van der Waals surface area contributed by atoms with Gasteiger partial charge in [0.1, 0.15) is 12.3 Å². The maximum atomic E-state index is 11.9. The summed E-state index contributed by atoms with van der Waals surface area (Å²) in [6.45, 7) is 0.0131. The van der Waals surface area contributed by atoms with E-state index in [2.05, 4.69) is 10.3 Å². The minimum atomic E-state index is -0.636. The van der Waals surface area contributed by atoms with Crippen molar-refractivity contribution in [2.45, 2.75) is 13.1 Å². The zero-order chi connectivity index (χ0) is 16.1. The predicted octanol–water partition coefficient (Wildman–Crippen LogP) is 0.515. The Morgan fingerprint density at radius 2 is 2.14 bits per heavy atom. The number of methoxy groups -OCH3 is 1. The second-order valence-electron chi connectivity index (χ2n) is 4.47. The van der Waals surface area contributed by atoms with Gasteiger partial charge in [-0.1, -0.05) is 11.6 Å². The van der Waals surface area contributed by atoms with Gasteiger partial charge in [0.05, 0.1) is 7.11 Å². The Morgan fingerprint density at radius 1 is 1.36 bits per heavy atom. The van der Waals surface area contributed by atoms with Gasteiger partial charge in [-0.3, -0.25) is 19.1 Å². The molecular formula is C14H14ClN3O4. The van der Waals surface area contributed by atoms with E-state index in [0.717, 1.165) is 10.1 Å². The molecule has 0 unspecified atom stereocenters. The monoisotopic (exact) mass is 323 g/mol. The molecule has 0 aliphatic heterocycles. The number of H-pyrrole nitrogens is 1. The topological polar surface area (TPSA) is 93.2 Å². The first-order chi connectivity index (χ1) is 10.5. The van der Waals surface area contributed by atoms with E-state index in [4.69, 9.17) is 16.3 Å². The Morgan fingerprint density at radius 3 is 2.82 bits per heavy atom. The zero-order valence-corrected chi connectivity index (χ0v) is 12.5. The van der Waals surface area contributed by atoms with Crippen molar-refractivity contribution in [1.82, 2.24) is 14.9 Å². The average Bonchev–Trinajstić information content (AvgIpc) is 2.48. The molecule has 0 saturated heterocycles. The summed E-state index contributed by atoms with van der Waals surface area (Å²) in [5, 5.41) is 3.19. The number of benzene rings is 1. The highest BCUT2D eigenvalue weighted by Crippen LogP contribution is 2.22. The molecule has 116 valence electrons. The second-order valence-corrected chi connectivity index (χ2v) is 4.91. The van der Waals surface area contributed by atoms with E-state index in [1.165, 1.54) is 19.4 Å². The number of carbonyl (C=O) groups is 1. The quantitative estimate of drug-likeness (QED) is 0.838. The summed E-state index contributed by atoms with van der Waals surface area (Å²) in [6.07, 6.45) is 1.26. The molecule has 2 rings (SSSR count). The van der Waals surface area contributed by atoms with Gasteiger partial charge >= 0.3 is 5.69 Å². The fourth-order valence-corrected chi connectivity index (χ4v) is 2.05. The van der Waals surface area contributed by atoms with Gasteiger partial charge in [0.15, 0.2) is 0 Å². The number of halogens is 1. The highest BCUT2D eigenvalue weighted by Gasteiger charge is 2.08. The molecule has 1 heterocycles. The number of hydrogen-bond donors (Lipinski definition) is 2. The Kier molecular flexibility index (Phi) is 5.00. The third-order valence-electron chi connectivity index (χ3n) is 2.93. The van der Waals surface area contributed by atoms with E-state index in [0.29, 0.717) is 10.8 Å². The first kappa shape index (κ1) is 15.8. The van der Waals surface area contributed by atoms with Crippen molar-refractivity contribution in [3.8, 4) is 5.75 Å². The molecule has 0 fully saturated rings. The van der Waals surface area contributed by atoms with E-state index in [-0.39, 0.29) is 19.0 Å². The molecule has 0 bridgehead atoms. The lowest BCUT2D eigenvalue weighted by atomic mass is 10.2. The molecule has 0 atom stereocenters. The lowest BCUT2D eigenvalue weighted by Crippen LogP contribution is -2.35. The van der Waals surface area contributed by atoms with Gasteiger partial charge in [-0.25, -0.2) is 4.79 Å². The maximum absolute atomic E-state index is 11.9. The summed E-state index contributed by atoms with van der Waals surface area (Å²) in [4.78, 5) is 36.4. The minimum Gasteiger partial charge on any atom is -0.496 e. The number of aromatic nitrogens is 2. The van der Waals surface area contributed by atoms with Crippen LogP contribution in [0.25, 0.3) is 0 Å². The number of amides is 1. The van der Waals surface area contributed by atoms with Gasteiger partial charge in [0.2, 0.25) is 5.91 Å². The molecule has 7 nitrogen and oxygen atoms in total. The summed E-state index contributed by atoms with van der Waals surface area (Å²) in [5.41, 5.74) is -0.425. The van der Waals surface area contributed by atoms with Gasteiger partial charge in [-0.15, -0.1) is 0 Å². The van der Waals surface area contributed by atoms with Crippen LogP contribution in [0.4, 0.5) is 0 Å². The first-order valence-electron chi connectivity index (χ1n) is 6.38. The molecule has 8 heteroatoms. The van der Waals surface area contributed by atoms with Crippen LogP contribution in [0.3, 0.4) is 0 Å². The first-order valence-corrected chi connectivity index (χ1v) is 6.76. The van der Waals surface area contributed by atoms with E-state index in [9.17, 15) is 14.4 Å². The highest BCUT2D eigenvalue weighted by molar-refractivity contribution is 6.30. The molecule has 0 aliphatic carbocycles. The summed E-state index contributed by atoms with van der Waals surface area (Å²) in [5.74, 6) is 0.224. The highest BCUT2D eigenvalue weighted by atomic mass is 35.5. The van der Waals surface area contributed by atoms with Gasteiger partial charge in [-0.05, 0) is 18.2 Å². The summed E-state index contributed by atoms with van der Waals surface area (Å²) in [7, 11) is 1.52. The lowest BCUT2D eigenvalue weighted by molar-refractivity contribution is -0.121. The van der Waals surface area contributed by atoms with E-state index >= 15 is 0 Å². The fourth-order valence-electron chi connectivity index (χ4n) is 1.86. The van der Waals surface area contributed by atoms with Gasteiger partial charge in [0.25, 0.3) is 5.56 Å². The third-order valence-corrected chi connectivity index (χ3v) is 3.16. The van der Waals surface area contributed by atoms with Crippen molar-refractivity contribution < 1.29 is 9.53 Å². The number of rotatable bonds is 5. The van der Waals surface area contributed by atoms with E-state index < -0.39 is 11.2 Å².